The van der Waals surface area contributed by atoms with E-state index in [1.165, 1.54) is 12.1 Å². The average Bonchev–Trinajstić information content (AvgIpc) is 3.21. The predicted molar refractivity (Wildman–Crippen MR) is 108 cm³/mol. The number of guanidine groups is 1. The topological polar surface area (TPSA) is 54.9 Å². The number of nitrogens with zero attached hydrogens (tertiary/aromatic N) is 1. The first-order chi connectivity index (χ1) is 12.5. The molecule has 3 unspecified atom stereocenters. The Labute approximate surface area is 174 Å². The highest BCUT2D eigenvalue weighted by molar-refractivity contribution is 14.0. The van der Waals surface area contributed by atoms with Crippen molar-refractivity contribution in [2.75, 3.05) is 19.7 Å². The van der Waals surface area contributed by atoms with E-state index in [4.69, 9.17) is 9.47 Å². The third kappa shape index (κ3) is 6.13. The van der Waals surface area contributed by atoms with Gasteiger partial charge in [-0.3, -0.25) is 0 Å². The van der Waals surface area contributed by atoms with Gasteiger partial charge in [0.15, 0.2) is 5.96 Å². The number of rotatable bonds is 6. The number of halogens is 4. The molecule has 9 heteroatoms. The van der Waals surface area contributed by atoms with Crippen LogP contribution in [-0.2, 0) is 10.9 Å². The van der Waals surface area contributed by atoms with Crippen molar-refractivity contribution >= 4 is 29.9 Å². The minimum Gasteiger partial charge on any atom is -0.492 e. The third-order valence-corrected chi connectivity index (χ3v) is 4.58. The summed E-state index contributed by atoms with van der Waals surface area (Å²) in [6, 6.07) is 4.95. The molecule has 2 saturated heterocycles. The van der Waals surface area contributed by atoms with E-state index in [9.17, 15) is 13.2 Å². The molecule has 0 aliphatic carbocycles. The van der Waals surface area contributed by atoms with E-state index in [0.29, 0.717) is 24.4 Å². The molecule has 2 bridgehead atoms. The molecule has 2 aliphatic heterocycles. The van der Waals surface area contributed by atoms with Crippen LogP contribution < -0.4 is 15.4 Å². The van der Waals surface area contributed by atoms with Gasteiger partial charge in [-0.25, -0.2) is 4.99 Å². The van der Waals surface area contributed by atoms with Crippen LogP contribution in [-0.4, -0.2) is 43.9 Å². The summed E-state index contributed by atoms with van der Waals surface area (Å²) >= 11 is 0. The summed E-state index contributed by atoms with van der Waals surface area (Å²) in [5.41, 5.74) is -0.686. The second-order valence-corrected chi connectivity index (χ2v) is 6.49. The number of hydrogen-bond donors (Lipinski definition) is 2. The monoisotopic (exact) mass is 499 g/mol. The van der Waals surface area contributed by atoms with Gasteiger partial charge in [0, 0.05) is 6.54 Å². The van der Waals surface area contributed by atoms with Gasteiger partial charge in [-0.2, -0.15) is 13.2 Å². The van der Waals surface area contributed by atoms with Crippen LogP contribution in [0.25, 0.3) is 0 Å². The normalized spacial score (nSPS) is 24.4. The lowest BCUT2D eigenvalue weighted by atomic mass is 9.96. The summed E-state index contributed by atoms with van der Waals surface area (Å²) in [5.74, 6) is 1.11. The van der Waals surface area contributed by atoms with Gasteiger partial charge < -0.3 is 20.1 Å². The van der Waals surface area contributed by atoms with E-state index in [2.05, 4.69) is 15.6 Å². The van der Waals surface area contributed by atoms with Crippen LogP contribution >= 0.6 is 24.0 Å². The average molecular weight is 499 g/mol. The van der Waals surface area contributed by atoms with Gasteiger partial charge in [0.1, 0.15) is 12.4 Å². The fourth-order valence-electron chi connectivity index (χ4n) is 3.35. The first-order valence-electron chi connectivity index (χ1n) is 8.96. The predicted octanol–water partition coefficient (Wildman–Crippen LogP) is 3.58. The highest BCUT2D eigenvalue weighted by atomic mass is 127. The minimum atomic E-state index is -4.33. The molecule has 2 aliphatic rings. The summed E-state index contributed by atoms with van der Waals surface area (Å²) < 4.78 is 48.9. The van der Waals surface area contributed by atoms with Crippen molar-refractivity contribution < 1.29 is 22.6 Å². The molecule has 5 nitrogen and oxygen atoms in total. The standard InChI is InChI=1S/C18H24F3N3O2.HI/c1-2-22-17(24-15-11-14-7-8-16(15)26-14)23-9-10-25-13-5-3-12(4-6-13)18(19,20)21;/h3-6,14-16H,2,7-11H2,1H3,(H2,22,23,24);1H. The molecule has 3 rings (SSSR count). The zero-order valence-corrected chi connectivity index (χ0v) is 17.4. The van der Waals surface area contributed by atoms with Crippen LogP contribution in [0.3, 0.4) is 0 Å². The van der Waals surface area contributed by atoms with Gasteiger partial charge in [0.05, 0.1) is 30.4 Å². The number of hydrogen-bond acceptors (Lipinski definition) is 3. The lowest BCUT2D eigenvalue weighted by molar-refractivity contribution is -0.137. The number of fused-ring (bicyclic) bond motifs is 2. The van der Waals surface area contributed by atoms with E-state index in [-0.39, 0.29) is 42.7 Å². The van der Waals surface area contributed by atoms with Crippen molar-refractivity contribution in [2.45, 2.75) is 50.6 Å². The van der Waals surface area contributed by atoms with Crippen molar-refractivity contribution in [3.63, 3.8) is 0 Å². The number of benzene rings is 1. The Bertz CT molecular complexity index is 625. The summed E-state index contributed by atoms with van der Waals surface area (Å²) in [5, 5.41) is 6.60. The molecule has 27 heavy (non-hydrogen) atoms. The molecule has 1 aromatic rings. The van der Waals surface area contributed by atoms with Gasteiger partial charge >= 0.3 is 6.18 Å². The molecule has 2 heterocycles. The van der Waals surface area contributed by atoms with Crippen molar-refractivity contribution in [3.05, 3.63) is 29.8 Å². The van der Waals surface area contributed by atoms with Gasteiger partial charge in [-0.05, 0) is 50.5 Å². The van der Waals surface area contributed by atoms with Gasteiger partial charge in [-0.15, -0.1) is 24.0 Å². The summed E-state index contributed by atoms with van der Waals surface area (Å²) in [6.45, 7) is 3.42. The van der Waals surface area contributed by atoms with Gasteiger partial charge in [0.25, 0.3) is 0 Å². The van der Waals surface area contributed by atoms with Crippen LogP contribution in [0.1, 0.15) is 31.7 Å². The summed E-state index contributed by atoms with van der Waals surface area (Å²) in [6.07, 6.45) is -0.498. The molecule has 2 fully saturated rings. The van der Waals surface area contributed by atoms with Gasteiger partial charge in [-0.1, -0.05) is 0 Å². The van der Waals surface area contributed by atoms with Crippen molar-refractivity contribution in [2.24, 2.45) is 4.99 Å². The molecule has 3 atom stereocenters. The molecule has 0 amide bonds. The van der Waals surface area contributed by atoms with E-state index in [1.54, 1.807) is 0 Å². The Morgan fingerprint density at radius 3 is 2.56 bits per heavy atom. The van der Waals surface area contributed by atoms with E-state index in [0.717, 1.165) is 37.9 Å². The van der Waals surface area contributed by atoms with Crippen LogP contribution in [0.2, 0.25) is 0 Å². The molecule has 1 aromatic carbocycles. The molecule has 0 saturated carbocycles. The Balaban J connectivity index is 0.00000261. The maximum atomic E-state index is 12.5. The highest BCUT2D eigenvalue weighted by Gasteiger charge is 2.41. The van der Waals surface area contributed by atoms with Crippen LogP contribution in [0.5, 0.6) is 5.75 Å². The van der Waals surface area contributed by atoms with Crippen LogP contribution in [0.4, 0.5) is 13.2 Å². The smallest absolute Gasteiger partial charge is 0.416 e. The Morgan fingerprint density at radius 2 is 2.00 bits per heavy atom. The number of alkyl halides is 3. The van der Waals surface area contributed by atoms with E-state index < -0.39 is 11.7 Å². The van der Waals surface area contributed by atoms with Crippen molar-refractivity contribution in [1.82, 2.24) is 10.6 Å². The Morgan fingerprint density at radius 1 is 1.26 bits per heavy atom. The maximum absolute atomic E-state index is 12.5. The lowest BCUT2D eigenvalue weighted by Crippen LogP contribution is -2.47. The summed E-state index contributed by atoms with van der Waals surface area (Å²) in [4.78, 5) is 4.47. The van der Waals surface area contributed by atoms with Crippen molar-refractivity contribution in [3.8, 4) is 5.75 Å². The molecule has 2 N–H and O–H groups in total. The number of ether oxygens (including phenoxy) is 2. The zero-order valence-electron chi connectivity index (χ0n) is 15.1. The Hall–Kier alpha value is -1.23. The second-order valence-electron chi connectivity index (χ2n) is 6.49. The SMILES string of the molecule is CCNC(=NCCOc1ccc(C(F)(F)F)cc1)NC1CC2CCC1O2.I. The second kappa shape index (κ2) is 9.81. The molecular weight excluding hydrogens is 474 g/mol. The highest BCUT2D eigenvalue weighted by Crippen LogP contribution is 2.34. The van der Waals surface area contributed by atoms with Crippen molar-refractivity contribution in [1.29, 1.82) is 0 Å². The lowest BCUT2D eigenvalue weighted by Gasteiger charge is -2.22. The fraction of sp³-hybridized carbons (Fsp3) is 0.611. The quantitative estimate of drug-likeness (QED) is 0.272. The summed E-state index contributed by atoms with van der Waals surface area (Å²) in [7, 11) is 0. The number of aliphatic imine (C=N–C) groups is 1. The molecule has 0 aromatic heterocycles. The third-order valence-electron chi connectivity index (χ3n) is 4.58. The Kier molecular flexibility index (Phi) is 8.02. The first kappa shape index (κ1) is 22.1. The number of nitrogens with one attached hydrogen (secondary N) is 2. The molecule has 152 valence electrons. The fourth-order valence-corrected chi connectivity index (χ4v) is 3.35. The minimum absolute atomic E-state index is 0. The van der Waals surface area contributed by atoms with E-state index in [1.807, 2.05) is 6.92 Å². The van der Waals surface area contributed by atoms with E-state index >= 15 is 0 Å². The van der Waals surface area contributed by atoms with Crippen LogP contribution in [0.15, 0.2) is 29.3 Å². The maximum Gasteiger partial charge on any atom is 0.416 e. The largest absolute Gasteiger partial charge is 0.492 e. The zero-order chi connectivity index (χ0) is 18.6. The van der Waals surface area contributed by atoms with Gasteiger partial charge in [0.2, 0.25) is 0 Å². The molecular formula is C18H25F3IN3O2. The molecule has 0 spiro atoms. The first-order valence-corrected chi connectivity index (χ1v) is 8.96. The van der Waals surface area contributed by atoms with Crippen LogP contribution in [0, 0.1) is 0 Å². The molecule has 0 radical (unpaired) electrons.